The van der Waals surface area contributed by atoms with Crippen LogP contribution in [0.2, 0.25) is 10.0 Å². The predicted molar refractivity (Wildman–Crippen MR) is 56.0 cm³/mol. The molecule has 5 heteroatoms. The number of nitrogens with two attached hydrogens (primary N) is 2. The van der Waals surface area contributed by atoms with Gasteiger partial charge < -0.3 is 11.5 Å². The van der Waals surface area contributed by atoms with Gasteiger partial charge in [0.2, 0.25) is 0 Å². The summed E-state index contributed by atoms with van der Waals surface area (Å²) in [5, 5.41) is 0.940. The van der Waals surface area contributed by atoms with Crippen molar-refractivity contribution in [2.24, 2.45) is 5.73 Å². The normalized spacial score (nSPS) is 9.25. The Morgan fingerprint density at radius 2 is 1.83 bits per heavy atom. The number of nitrogen functional groups attached to an aromatic ring is 1. The highest BCUT2D eigenvalue weighted by Gasteiger charge is 2.05. The highest BCUT2D eigenvalue weighted by molar-refractivity contribution is 6.42. The Hall–Kier alpha value is -0.150. The number of hydrogen-bond donors (Lipinski definition) is 2. The van der Waals surface area contributed by atoms with Crippen molar-refractivity contribution in [3.8, 4) is 0 Å². The van der Waals surface area contributed by atoms with Crippen LogP contribution < -0.4 is 11.5 Å². The van der Waals surface area contributed by atoms with Gasteiger partial charge in [0.25, 0.3) is 0 Å². The van der Waals surface area contributed by atoms with Gasteiger partial charge in [-0.05, 0) is 12.1 Å². The smallest absolute Gasteiger partial charge is 0.0657 e. The average molecular weight is 228 g/mol. The Balaban J connectivity index is 0.00000121. The van der Waals surface area contributed by atoms with Gasteiger partial charge in [-0.3, -0.25) is 0 Å². The number of hydrogen-bond acceptors (Lipinski definition) is 2. The van der Waals surface area contributed by atoms with Gasteiger partial charge in [-0.2, -0.15) is 0 Å². The molecule has 0 aliphatic heterocycles. The molecule has 0 amide bonds. The summed E-state index contributed by atoms with van der Waals surface area (Å²) in [6.07, 6.45) is 0. The lowest BCUT2D eigenvalue weighted by Crippen LogP contribution is -2.02. The van der Waals surface area contributed by atoms with Crippen molar-refractivity contribution in [1.82, 2.24) is 0 Å². The maximum Gasteiger partial charge on any atom is 0.0657 e. The van der Waals surface area contributed by atoms with Crippen LogP contribution in [0.5, 0.6) is 0 Å². The summed E-state index contributed by atoms with van der Waals surface area (Å²) in [5.74, 6) is 0. The molecule has 0 bridgehead atoms. The SMILES string of the molecule is Cl.NCc1c(N)ccc(Cl)c1Cl. The van der Waals surface area contributed by atoms with E-state index in [0.717, 1.165) is 0 Å². The summed E-state index contributed by atoms with van der Waals surface area (Å²) >= 11 is 11.5. The second kappa shape index (κ2) is 4.77. The molecule has 68 valence electrons. The number of halogens is 3. The molecule has 0 atom stereocenters. The number of benzene rings is 1. The van der Waals surface area contributed by atoms with Crippen LogP contribution in [0, 0.1) is 0 Å². The first-order chi connectivity index (χ1) is 5.16. The molecule has 2 nitrogen and oxygen atoms in total. The molecule has 0 spiro atoms. The topological polar surface area (TPSA) is 52.0 Å². The minimum absolute atomic E-state index is 0. The van der Waals surface area contributed by atoms with E-state index < -0.39 is 0 Å². The summed E-state index contributed by atoms with van der Waals surface area (Å²) in [4.78, 5) is 0. The minimum atomic E-state index is 0. The van der Waals surface area contributed by atoms with Gasteiger partial charge in [0.15, 0.2) is 0 Å². The van der Waals surface area contributed by atoms with E-state index in [4.69, 9.17) is 34.7 Å². The van der Waals surface area contributed by atoms with Crippen LogP contribution in [0.4, 0.5) is 5.69 Å². The molecule has 1 aromatic rings. The van der Waals surface area contributed by atoms with Crippen LogP contribution in [0.15, 0.2) is 12.1 Å². The van der Waals surface area contributed by atoms with Gasteiger partial charge in [-0.15, -0.1) is 12.4 Å². The summed E-state index contributed by atoms with van der Waals surface area (Å²) < 4.78 is 0. The predicted octanol–water partition coefficient (Wildman–Crippen LogP) is 2.46. The fourth-order valence-corrected chi connectivity index (χ4v) is 1.24. The Labute approximate surface area is 87.2 Å². The van der Waals surface area contributed by atoms with Crippen LogP contribution in [-0.4, -0.2) is 0 Å². The van der Waals surface area contributed by atoms with Crippen molar-refractivity contribution in [1.29, 1.82) is 0 Å². The largest absolute Gasteiger partial charge is 0.398 e. The van der Waals surface area contributed by atoms with Crippen LogP contribution in [0.3, 0.4) is 0 Å². The van der Waals surface area contributed by atoms with E-state index in [9.17, 15) is 0 Å². The van der Waals surface area contributed by atoms with Crippen molar-refractivity contribution < 1.29 is 0 Å². The van der Waals surface area contributed by atoms with E-state index >= 15 is 0 Å². The molecule has 0 aliphatic carbocycles. The molecule has 12 heavy (non-hydrogen) atoms. The van der Waals surface area contributed by atoms with Gasteiger partial charge in [0.1, 0.15) is 0 Å². The van der Waals surface area contributed by atoms with Crippen molar-refractivity contribution in [3.05, 3.63) is 27.7 Å². The van der Waals surface area contributed by atoms with Crippen LogP contribution in [0.25, 0.3) is 0 Å². The molecule has 0 heterocycles. The fourth-order valence-electron chi connectivity index (χ4n) is 0.815. The lowest BCUT2D eigenvalue weighted by Gasteiger charge is -2.05. The Kier molecular flexibility index (Phi) is 4.71. The average Bonchev–Trinajstić information content (AvgIpc) is 1.99. The van der Waals surface area contributed by atoms with Gasteiger partial charge in [0.05, 0.1) is 10.0 Å². The van der Waals surface area contributed by atoms with E-state index in [2.05, 4.69) is 0 Å². The summed E-state index contributed by atoms with van der Waals surface area (Å²) in [6.45, 7) is 0.311. The zero-order valence-corrected chi connectivity index (χ0v) is 8.51. The molecule has 0 saturated heterocycles. The molecule has 0 aromatic heterocycles. The highest BCUT2D eigenvalue weighted by Crippen LogP contribution is 2.29. The van der Waals surface area contributed by atoms with Crippen molar-refractivity contribution in [2.45, 2.75) is 6.54 Å². The third-order valence-electron chi connectivity index (χ3n) is 1.44. The molecule has 0 aliphatic rings. The van der Waals surface area contributed by atoms with Crippen LogP contribution in [0.1, 0.15) is 5.56 Å². The first-order valence-electron chi connectivity index (χ1n) is 3.09. The van der Waals surface area contributed by atoms with E-state index in [-0.39, 0.29) is 12.4 Å². The molecule has 1 aromatic carbocycles. The van der Waals surface area contributed by atoms with E-state index in [1.807, 2.05) is 0 Å². The number of anilines is 1. The highest BCUT2D eigenvalue weighted by atomic mass is 35.5. The van der Waals surface area contributed by atoms with Crippen LogP contribution >= 0.6 is 35.6 Å². The Bertz CT molecular complexity index is 276. The monoisotopic (exact) mass is 226 g/mol. The molecule has 0 radical (unpaired) electrons. The third kappa shape index (κ3) is 2.17. The van der Waals surface area contributed by atoms with Crippen LogP contribution in [-0.2, 0) is 6.54 Å². The first-order valence-corrected chi connectivity index (χ1v) is 3.85. The van der Waals surface area contributed by atoms with E-state index in [1.54, 1.807) is 12.1 Å². The van der Waals surface area contributed by atoms with Gasteiger partial charge in [-0.25, -0.2) is 0 Å². The molecular formula is C7H9Cl3N2. The summed E-state index contributed by atoms with van der Waals surface area (Å²) in [6, 6.07) is 3.34. The Morgan fingerprint density at radius 1 is 1.25 bits per heavy atom. The maximum absolute atomic E-state index is 5.81. The van der Waals surface area contributed by atoms with Crippen molar-refractivity contribution in [3.63, 3.8) is 0 Å². The second-order valence-electron chi connectivity index (χ2n) is 2.13. The van der Waals surface area contributed by atoms with E-state index in [1.165, 1.54) is 0 Å². The first kappa shape index (κ1) is 11.8. The summed E-state index contributed by atoms with van der Waals surface area (Å²) in [5.41, 5.74) is 12.3. The summed E-state index contributed by atoms with van der Waals surface area (Å²) in [7, 11) is 0. The van der Waals surface area contributed by atoms with Crippen molar-refractivity contribution >= 4 is 41.3 Å². The van der Waals surface area contributed by atoms with Crippen molar-refractivity contribution in [2.75, 3.05) is 5.73 Å². The lowest BCUT2D eigenvalue weighted by atomic mass is 10.2. The van der Waals surface area contributed by atoms with Gasteiger partial charge in [-0.1, -0.05) is 23.2 Å². The standard InChI is InChI=1S/C7H8Cl2N2.ClH/c8-5-1-2-6(11)4(3-10)7(5)9;/h1-2H,3,10-11H2;1H. The Morgan fingerprint density at radius 3 is 2.25 bits per heavy atom. The molecule has 4 N–H and O–H groups in total. The number of rotatable bonds is 1. The van der Waals surface area contributed by atoms with Gasteiger partial charge >= 0.3 is 0 Å². The quantitative estimate of drug-likeness (QED) is 0.724. The van der Waals surface area contributed by atoms with E-state index in [0.29, 0.717) is 27.8 Å². The molecule has 1 rings (SSSR count). The lowest BCUT2D eigenvalue weighted by molar-refractivity contribution is 1.08. The fraction of sp³-hybridized carbons (Fsp3) is 0.143. The zero-order chi connectivity index (χ0) is 8.43. The molecular weight excluding hydrogens is 218 g/mol. The zero-order valence-electron chi connectivity index (χ0n) is 6.18. The molecule has 0 saturated carbocycles. The molecule has 0 fully saturated rings. The maximum atomic E-state index is 5.81. The molecule has 0 unspecified atom stereocenters. The minimum Gasteiger partial charge on any atom is -0.398 e. The third-order valence-corrected chi connectivity index (χ3v) is 2.28. The van der Waals surface area contributed by atoms with Gasteiger partial charge in [0, 0.05) is 17.8 Å². The second-order valence-corrected chi connectivity index (χ2v) is 2.92.